The zero-order valence-electron chi connectivity index (χ0n) is 11.8. The van der Waals surface area contributed by atoms with Crippen molar-refractivity contribution in [1.29, 1.82) is 0 Å². The molecule has 0 aliphatic rings. The van der Waals surface area contributed by atoms with Crippen molar-refractivity contribution in [2.24, 2.45) is 5.73 Å². The average Bonchev–Trinajstić information content (AvgIpc) is 2.28. The molecule has 0 radical (unpaired) electrons. The van der Waals surface area contributed by atoms with Gasteiger partial charge in [0.1, 0.15) is 0 Å². The summed E-state index contributed by atoms with van der Waals surface area (Å²) in [6, 6.07) is 9.02. The van der Waals surface area contributed by atoms with Crippen molar-refractivity contribution in [3.63, 3.8) is 0 Å². The van der Waals surface area contributed by atoms with Crippen molar-refractivity contribution in [2.45, 2.75) is 64.8 Å². The van der Waals surface area contributed by atoms with E-state index < -0.39 is 0 Å². The second kappa shape index (κ2) is 6.20. The molecule has 0 aliphatic carbocycles. The molecule has 0 aliphatic heterocycles. The zero-order chi connectivity index (χ0) is 12.9. The summed E-state index contributed by atoms with van der Waals surface area (Å²) in [6.07, 6.45) is 4.88. The molecule has 0 saturated heterocycles. The van der Waals surface area contributed by atoms with E-state index in [0.29, 0.717) is 0 Å². The molecular formula is C16H27N. The van der Waals surface area contributed by atoms with E-state index in [0.717, 1.165) is 6.42 Å². The second-order valence-corrected chi connectivity index (χ2v) is 5.97. The third-order valence-corrected chi connectivity index (χ3v) is 3.32. The van der Waals surface area contributed by atoms with Gasteiger partial charge in [0.25, 0.3) is 0 Å². The van der Waals surface area contributed by atoms with E-state index >= 15 is 0 Å². The van der Waals surface area contributed by atoms with Crippen molar-refractivity contribution in [2.75, 3.05) is 0 Å². The summed E-state index contributed by atoms with van der Waals surface area (Å²) in [4.78, 5) is 0. The largest absolute Gasteiger partial charge is 0.324 e. The monoisotopic (exact) mass is 233 g/mol. The minimum atomic E-state index is 0.204. The molecule has 0 fully saturated rings. The zero-order valence-corrected chi connectivity index (χ0v) is 11.8. The molecule has 0 spiro atoms. The molecule has 1 aromatic carbocycles. The molecule has 96 valence electrons. The third-order valence-electron chi connectivity index (χ3n) is 3.32. The Kier molecular flexibility index (Phi) is 5.20. The third kappa shape index (κ3) is 4.51. The van der Waals surface area contributed by atoms with Gasteiger partial charge in [-0.3, -0.25) is 0 Å². The fourth-order valence-corrected chi connectivity index (χ4v) is 2.01. The first-order chi connectivity index (χ1) is 7.95. The molecular weight excluding hydrogens is 206 g/mol. The fourth-order valence-electron chi connectivity index (χ4n) is 2.01. The Balaban J connectivity index is 2.61. The fraction of sp³-hybridized carbons (Fsp3) is 0.625. The van der Waals surface area contributed by atoms with E-state index in [1.807, 2.05) is 0 Å². The van der Waals surface area contributed by atoms with Crippen molar-refractivity contribution < 1.29 is 0 Å². The lowest BCUT2D eigenvalue weighted by atomic mass is 9.86. The molecule has 1 atom stereocenters. The maximum absolute atomic E-state index is 6.19. The van der Waals surface area contributed by atoms with Crippen LogP contribution in [0.3, 0.4) is 0 Å². The van der Waals surface area contributed by atoms with Crippen LogP contribution >= 0.6 is 0 Å². The van der Waals surface area contributed by atoms with Gasteiger partial charge in [0.2, 0.25) is 0 Å². The number of rotatable bonds is 5. The quantitative estimate of drug-likeness (QED) is 0.741. The standard InChI is InChI=1S/C16H27N/c1-5-6-7-8-15(17)13-9-11-14(12-10-13)16(2,3)4/h9-12,15H,5-8,17H2,1-4H3. The first-order valence-corrected chi connectivity index (χ1v) is 6.81. The van der Waals surface area contributed by atoms with Crippen molar-refractivity contribution in [1.82, 2.24) is 0 Å². The van der Waals surface area contributed by atoms with Gasteiger partial charge in [-0.05, 0) is 23.0 Å². The highest BCUT2D eigenvalue weighted by Crippen LogP contribution is 2.24. The molecule has 0 aromatic heterocycles. The predicted octanol–water partition coefficient (Wildman–Crippen LogP) is 4.56. The van der Waals surface area contributed by atoms with Crippen molar-refractivity contribution >= 4 is 0 Å². The Hall–Kier alpha value is -0.820. The van der Waals surface area contributed by atoms with Crippen molar-refractivity contribution in [3.8, 4) is 0 Å². The smallest absolute Gasteiger partial charge is 0.0294 e. The molecule has 2 N–H and O–H groups in total. The van der Waals surface area contributed by atoms with Crippen LogP contribution in [0.15, 0.2) is 24.3 Å². The van der Waals surface area contributed by atoms with Gasteiger partial charge >= 0.3 is 0 Å². The maximum atomic E-state index is 6.19. The second-order valence-electron chi connectivity index (χ2n) is 5.97. The van der Waals surface area contributed by atoms with Gasteiger partial charge in [-0.15, -0.1) is 0 Å². The summed E-state index contributed by atoms with van der Waals surface area (Å²) < 4.78 is 0. The minimum Gasteiger partial charge on any atom is -0.324 e. The molecule has 1 heteroatoms. The number of hydrogen-bond acceptors (Lipinski definition) is 1. The highest BCUT2D eigenvalue weighted by molar-refractivity contribution is 5.29. The first-order valence-electron chi connectivity index (χ1n) is 6.81. The summed E-state index contributed by atoms with van der Waals surface area (Å²) in [6.45, 7) is 8.94. The molecule has 1 rings (SSSR count). The average molecular weight is 233 g/mol. The van der Waals surface area contributed by atoms with Crippen LogP contribution in [0, 0.1) is 0 Å². The lowest BCUT2D eigenvalue weighted by Crippen LogP contribution is -2.13. The Morgan fingerprint density at radius 1 is 1.06 bits per heavy atom. The molecule has 1 unspecified atom stereocenters. The summed E-state index contributed by atoms with van der Waals surface area (Å²) >= 11 is 0. The molecule has 1 nitrogen and oxygen atoms in total. The summed E-state index contributed by atoms with van der Waals surface area (Å²) in [5.74, 6) is 0. The topological polar surface area (TPSA) is 26.0 Å². The van der Waals surface area contributed by atoms with E-state index in [1.165, 1.54) is 30.4 Å². The molecule has 0 bridgehead atoms. The molecule has 1 aromatic rings. The Labute approximate surface area is 106 Å². The molecule has 0 saturated carbocycles. The Morgan fingerprint density at radius 3 is 2.12 bits per heavy atom. The van der Waals surface area contributed by atoms with E-state index in [1.54, 1.807) is 0 Å². The summed E-state index contributed by atoms with van der Waals surface area (Å²) in [7, 11) is 0. The van der Waals surface area contributed by atoms with Gasteiger partial charge in [-0.25, -0.2) is 0 Å². The van der Waals surface area contributed by atoms with Gasteiger partial charge in [0, 0.05) is 6.04 Å². The minimum absolute atomic E-state index is 0.204. The van der Waals surface area contributed by atoms with E-state index in [9.17, 15) is 0 Å². The van der Waals surface area contributed by atoms with Crippen molar-refractivity contribution in [3.05, 3.63) is 35.4 Å². The van der Waals surface area contributed by atoms with Gasteiger partial charge < -0.3 is 5.73 Å². The molecule has 0 amide bonds. The van der Waals surface area contributed by atoms with E-state index in [4.69, 9.17) is 5.73 Å². The van der Waals surface area contributed by atoms with Crippen LogP contribution in [-0.4, -0.2) is 0 Å². The van der Waals surface area contributed by atoms with Crippen LogP contribution in [0.2, 0.25) is 0 Å². The number of nitrogens with two attached hydrogens (primary N) is 1. The van der Waals surface area contributed by atoms with Crippen LogP contribution in [0.4, 0.5) is 0 Å². The summed E-state index contributed by atoms with van der Waals surface area (Å²) in [5.41, 5.74) is 9.07. The number of unbranched alkanes of at least 4 members (excludes halogenated alkanes) is 2. The predicted molar refractivity (Wildman–Crippen MR) is 76.2 cm³/mol. The SMILES string of the molecule is CCCCCC(N)c1ccc(C(C)(C)C)cc1. The number of benzene rings is 1. The highest BCUT2D eigenvalue weighted by Gasteiger charge is 2.13. The van der Waals surface area contributed by atoms with Crippen LogP contribution in [0.25, 0.3) is 0 Å². The van der Waals surface area contributed by atoms with Gasteiger partial charge in [0.15, 0.2) is 0 Å². The Bertz CT molecular complexity index is 318. The number of hydrogen-bond donors (Lipinski definition) is 1. The first kappa shape index (κ1) is 14.2. The van der Waals surface area contributed by atoms with Gasteiger partial charge in [-0.2, -0.15) is 0 Å². The summed E-state index contributed by atoms with van der Waals surface area (Å²) in [5, 5.41) is 0. The normalized spacial score (nSPS) is 13.7. The van der Waals surface area contributed by atoms with Gasteiger partial charge in [-0.1, -0.05) is 71.2 Å². The van der Waals surface area contributed by atoms with Crippen LogP contribution in [-0.2, 0) is 5.41 Å². The lowest BCUT2D eigenvalue weighted by Gasteiger charge is -2.20. The maximum Gasteiger partial charge on any atom is 0.0294 e. The van der Waals surface area contributed by atoms with E-state index in [2.05, 4.69) is 52.0 Å². The van der Waals surface area contributed by atoms with Crippen LogP contribution in [0.1, 0.15) is 70.5 Å². The molecule has 0 heterocycles. The van der Waals surface area contributed by atoms with Gasteiger partial charge in [0.05, 0.1) is 0 Å². The lowest BCUT2D eigenvalue weighted by molar-refractivity contribution is 0.575. The molecule has 17 heavy (non-hydrogen) atoms. The van der Waals surface area contributed by atoms with Crippen LogP contribution < -0.4 is 5.73 Å². The van der Waals surface area contributed by atoms with Crippen LogP contribution in [0.5, 0.6) is 0 Å². The highest BCUT2D eigenvalue weighted by atomic mass is 14.6. The Morgan fingerprint density at radius 2 is 1.65 bits per heavy atom. The van der Waals surface area contributed by atoms with E-state index in [-0.39, 0.29) is 11.5 Å².